The Bertz CT molecular complexity index is 713. The van der Waals surface area contributed by atoms with Crippen molar-refractivity contribution >= 4 is 11.9 Å². The Kier molecular flexibility index (Phi) is 4.61. The molecule has 1 aromatic rings. The fourth-order valence-electron chi connectivity index (χ4n) is 3.55. The molecule has 1 saturated carbocycles. The van der Waals surface area contributed by atoms with Crippen LogP contribution in [0.1, 0.15) is 43.3 Å². The number of esters is 1. The summed E-state index contributed by atoms with van der Waals surface area (Å²) in [7, 11) is 0. The number of nitrogens with zero attached hydrogens (tertiary/aromatic N) is 3. The van der Waals surface area contributed by atoms with Crippen LogP contribution >= 0.6 is 0 Å². The van der Waals surface area contributed by atoms with Gasteiger partial charge in [0.15, 0.2) is 0 Å². The van der Waals surface area contributed by atoms with Crippen LogP contribution in [0.25, 0.3) is 0 Å². The third kappa shape index (κ3) is 3.05. The molecule has 4 N–H and O–H groups in total. The third-order valence-corrected chi connectivity index (χ3v) is 4.80. The second-order valence-electron chi connectivity index (χ2n) is 6.81. The standard InChI is InChI=1S/C16H22N4O5/c1-7(2)16(24)25-8-3-4-9-10(5-8)12(21)13(22)11(9)20-15(14(17)23)18-6-19-20/h4,6-8,10-13,21-22H,3,5H2,1-2H3,(H2,17,23)/t8-,10+,11-,12-,13+/m1/s1. The van der Waals surface area contributed by atoms with Crippen molar-refractivity contribution in [3.8, 4) is 0 Å². The van der Waals surface area contributed by atoms with Crippen molar-refractivity contribution in [1.29, 1.82) is 0 Å². The molecule has 3 rings (SSSR count). The van der Waals surface area contributed by atoms with Crippen LogP contribution in [-0.2, 0) is 9.53 Å². The van der Waals surface area contributed by atoms with Crippen molar-refractivity contribution in [1.82, 2.24) is 14.8 Å². The summed E-state index contributed by atoms with van der Waals surface area (Å²) >= 11 is 0. The molecule has 0 aliphatic heterocycles. The summed E-state index contributed by atoms with van der Waals surface area (Å²) in [5.74, 6) is -1.75. The molecule has 9 heteroatoms. The predicted octanol–water partition coefficient (Wildman–Crippen LogP) is -0.442. The Morgan fingerprint density at radius 3 is 2.72 bits per heavy atom. The molecule has 5 atom stereocenters. The summed E-state index contributed by atoms with van der Waals surface area (Å²) in [5, 5.41) is 24.9. The minimum absolute atomic E-state index is 0.0776. The van der Waals surface area contributed by atoms with Crippen LogP contribution in [0.5, 0.6) is 0 Å². The molecule has 0 saturated heterocycles. The first kappa shape index (κ1) is 17.6. The van der Waals surface area contributed by atoms with Crippen molar-refractivity contribution in [2.45, 2.75) is 51.0 Å². The van der Waals surface area contributed by atoms with Gasteiger partial charge in [0.25, 0.3) is 5.91 Å². The minimum atomic E-state index is -1.16. The third-order valence-electron chi connectivity index (χ3n) is 4.80. The number of fused-ring (bicyclic) bond motifs is 1. The second-order valence-corrected chi connectivity index (χ2v) is 6.81. The van der Waals surface area contributed by atoms with Gasteiger partial charge < -0.3 is 20.7 Å². The molecule has 0 radical (unpaired) electrons. The number of primary amides is 1. The summed E-state index contributed by atoms with van der Waals surface area (Å²) in [6.45, 7) is 3.51. The lowest BCUT2D eigenvalue weighted by atomic mass is 9.86. The summed E-state index contributed by atoms with van der Waals surface area (Å²) in [4.78, 5) is 27.1. The first-order valence-electron chi connectivity index (χ1n) is 8.27. The lowest BCUT2D eigenvalue weighted by Crippen LogP contribution is -2.33. The lowest BCUT2D eigenvalue weighted by Gasteiger charge is -2.28. The molecular weight excluding hydrogens is 328 g/mol. The molecular formula is C16H22N4O5. The van der Waals surface area contributed by atoms with Gasteiger partial charge >= 0.3 is 5.97 Å². The normalized spacial score (nSPS) is 31.6. The number of hydrogen-bond acceptors (Lipinski definition) is 7. The molecule has 0 aromatic carbocycles. The highest BCUT2D eigenvalue weighted by atomic mass is 16.5. The van der Waals surface area contributed by atoms with Gasteiger partial charge in [-0.25, -0.2) is 9.67 Å². The van der Waals surface area contributed by atoms with Crippen LogP contribution < -0.4 is 5.73 Å². The molecule has 2 aliphatic carbocycles. The first-order chi connectivity index (χ1) is 11.8. The predicted molar refractivity (Wildman–Crippen MR) is 85.1 cm³/mol. The van der Waals surface area contributed by atoms with Gasteiger partial charge in [0.2, 0.25) is 5.82 Å². The van der Waals surface area contributed by atoms with E-state index in [0.717, 1.165) is 5.57 Å². The number of rotatable bonds is 4. The number of amides is 1. The molecule has 0 unspecified atom stereocenters. The monoisotopic (exact) mass is 350 g/mol. The zero-order valence-electron chi connectivity index (χ0n) is 14.1. The van der Waals surface area contributed by atoms with E-state index in [1.165, 1.54) is 11.0 Å². The van der Waals surface area contributed by atoms with Gasteiger partial charge in [-0.2, -0.15) is 5.10 Å². The van der Waals surface area contributed by atoms with Gasteiger partial charge in [-0.05, 0) is 12.0 Å². The molecule has 1 amide bonds. The number of nitrogens with two attached hydrogens (primary N) is 1. The van der Waals surface area contributed by atoms with Gasteiger partial charge in [-0.3, -0.25) is 9.59 Å². The topological polar surface area (TPSA) is 141 Å². The van der Waals surface area contributed by atoms with Crippen LogP contribution in [0.15, 0.2) is 18.0 Å². The van der Waals surface area contributed by atoms with Gasteiger partial charge in [0.05, 0.1) is 12.0 Å². The summed E-state index contributed by atoms with van der Waals surface area (Å²) < 4.78 is 6.70. The Balaban J connectivity index is 1.86. The Morgan fingerprint density at radius 2 is 2.08 bits per heavy atom. The van der Waals surface area contributed by atoms with E-state index in [2.05, 4.69) is 10.1 Å². The van der Waals surface area contributed by atoms with E-state index in [1.54, 1.807) is 13.8 Å². The molecule has 2 aliphatic rings. The molecule has 1 fully saturated rings. The maximum atomic E-state index is 11.8. The molecule has 0 spiro atoms. The average molecular weight is 350 g/mol. The number of carbonyl (C=O) groups is 2. The molecule has 1 aromatic heterocycles. The number of aliphatic hydroxyl groups excluding tert-OH is 2. The number of aromatic nitrogens is 3. The fraction of sp³-hybridized carbons (Fsp3) is 0.625. The lowest BCUT2D eigenvalue weighted by molar-refractivity contribution is -0.154. The van der Waals surface area contributed by atoms with Crippen LogP contribution in [0.4, 0.5) is 0 Å². The number of hydrogen-bond donors (Lipinski definition) is 3. The van der Waals surface area contributed by atoms with Crippen molar-refractivity contribution < 1.29 is 24.5 Å². The molecule has 25 heavy (non-hydrogen) atoms. The Morgan fingerprint density at radius 1 is 1.36 bits per heavy atom. The quantitative estimate of drug-likeness (QED) is 0.494. The van der Waals surface area contributed by atoms with E-state index in [0.29, 0.717) is 12.8 Å². The number of ether oxygens (including phenoxy) is 1. The van der Waals surface area contributed by atoms with Crippen molar-refractivity contribution in [2.24, 2.45) is 17.6 Å². The SMILES string of the molecule is CC(C)C(=O)O[C@@H]1CC=C2[C@@H](n3ncnc3C(N)=O)[C@H](O)[C@H](O)[C@H]2C1. The largest absolute Gasteiger partial charge is 0.462 e. The Hall–Kier alpha value is -2.26. The average Bonchev–Trinajstić information content (AvgIpc) is 3.12. The first-order valence-corrected chi connectivity index (χ1v) is 8.27. The van der Waals surface area contributed by atoms with Gasteiger partial charge in [0, 0.05) is 12.3 Å². The summed E-state index contributed by atoms with van der Waals surface area (Å²) in [5.41, 5.74) is 6.05. The van der Waals surface area contributed by atoms with E-state index < -0.39 is 24.2 Å². The van der Waals surface area contributed by atoms with Crippen LogP contribution in [-0.4, -0.2) is 55.2 Å². The number of carbonyl (C=O) groups excluding carboxylic acids is 2. The van der Waals surface area contributed by atoms with Crippen LogP contribution in [0.2, 0.25) is 0 Å². The highest BCUT2D eigenvalue weighted by Crippen LogP contribution is 2.46. The molecule has 136 valence electrons. The molecule has 0 bridgehead atoms. The van der Waals surface area contributed by atoms with Crippen LogP contribution in [0.3, 0.4) is 0 Å². The van der Waals surface area contributed by atoms with E-state index in [9.17, 15) is 19.8 Å². The van der Waals surface area contributed by atoms with E-state index in [4.69, 9.17) is 10.5 Å². The van der Waals surface area contributed by atoms with Gasteiger partial charge in [0.1, 0.15) is 24.6 Å². The van der Waals surface area contributed by atoms with E-state index >= 15 is 0 Å². The fourth-order valence-corrected chi connectivity index (χ4v) is 3.55. The zero-order chi connectivity index (χ0) is 18.3. The molecule has 9 nitrogen and oxygen atoms in total. The van der Waals surface area contributed by atoms with Crippen molar-refractivity contribution in [3.63, 3.8) is 0 Å². The van der Waals surface area contributed by atoms with Gasteiger partial charge in [-0.15, -0.1) is 0 Å². The highest BCUT2D eigenvalue weighted by molar-refractivity contribution is 5.89. The maximum absolute atomic E-state index is 11.8. The minimum Gasteiger partial charge on any atom is -0.462 e. The van der Waals surface area contributed by atoms with Crippen molar-refractivity contribution in [3.05, 3.63) is 23.8 Å². The number of aliphatic hydroxyl groups is 2. The van der Waals surface area contributed by atoms with E-state index in [-0.39, 0.29) is 29.7 Å². The summed E-state index contributed by atoms with van der Waals surface area (Å²) in [6, 6.07) is -0.716. The maximum Gasteiger partial charge on any atom is 0.308 e. The Labute approximate surface area is 144 Å². The van der Waals surface area contributed by atoms with Gasteiger partial charge in [-0.1, -0.05) is 19.9 Å². The molecule has 1 heterocycles. The highest BCUT2D eigenvalue weighted by Gasteiger charge is 2.50. The van der Waals surface area contributed by atoms with E-state index in [1.807, 2.05) is 6.08 Å². The van der Waals surface area contributed by atoms with Crippen LogP contribution in [0, 0.1) is 11.8 Å². The smallest absolute Gasteiger partial charge is 0.308 e. The summed E-state index contributed by atoms with van der Waals surface area (Å²) in [6.07, 6.45) is 1.33. The zero-order valence-corrected chi connectivity index (χ0v) is 14.1. The van der Waals surface area contributed by atoms with Crippen molar-refractivity contribution in [2.75, 3.05) is 0 Å². The second kappa shape index (κ2) is 6.57.